The molecular formula is C33H56N8O2. The standard InChI is InChI=1S/C19H32N4O2.C14H24N4/c1-18(2,3)25-17(24)22-11-9-19(10-12-22,13-23-15-20-14-21-23)16-7-5-4-6-8-16;1-2-4-13(5-3-1)14(6-8-15-9-7-14)10-18-12-16-11-17-18/h14-16H,4-13H2,1-3H3;11-13,15H,1-10H2. The maximum atomic E-state index is 12.4. The van der Waals surface area contributed by atoms with Gasteiger partial charge in [0.05, 0.1) is 0 Å². The van der Waals surface area contributed by atoms with E-state index < -0.39 is 5.60 Å². The highest BCUT2D eigenvalue weighted by Gasteiger charge is 2.44. The summed E-state index contributed by atoms with van der Waals surface area (Å²) in [6.45, 7) is 11.7. The lowest BCUT2D eigenvalue weighted by Gasteiger charge is -2.47. The molecule has 4 aliphatic rings. The summed E-state index contributed by atoms with van der Waals surface area (Å²) >= 11 is 0. The third kappa shape index (κ3) is 8.58. The third-order valence-electron chi connectivity index (χ3n) is 10.8. The number of hydrogen-bond acceptors (Lipinski definition) is 7. The van der Waals surface area contributed by atoms with E-state index in [1.807, 2.05) is 43.0 Å². The molecule has 0 spiro atoms. The van der Waals surface area contributed by atoms with Crippen LogP contribution in [0.1, 0.15) is 111 Å². The van der Waals surface area contributed by atoms with Crippen molar-refractivity contribution in [2.45, 2.75) is 129 Å². The summed E-state index contributed by atoms with van der Waals surface area (Å²) in [5, 5.41) is 12.2. The van der Waals surface area contributed by atoms with E-state index in [0.717, 1.165) is 50.9 Å². The summed E-state index contributed by atoms with van der Waals surface area (Å²) in [4.78, 5) is 22.5. The fraction of sp³-hybridized carbons (Fsp3) is 0.848. The van der Waals surface area contributed by atoms with Crippen molar-refractivity contribution >= 4 is 6.09 Å². The molecule has 4 heterocycles. The Bertz CT molecular complexity index is 1070. The van der Waals surface area contributed by atoms with Crippen molar-refractivity contribution in [1.29, 1.82) is 0 Å². The first-order valence-electron chi connectivity index (χ1n) is 17.1. The van der Waals surface area contributed by atoms with Gasteiger partial charge in [-0.3, -0.25) is 9.36 Å². The molecule has 10 nitrogen and oxygen atoms in total. The second-order valence-corrected chi connectivity index (χ2v) is 14.8. The Labute approximate surface area is 258 Å². The molecule has 2 aromatic heterocycles. The molecule has 6 rings (SSSR count). The summed E-state index contributed by atoms with van der Waals surface area (Å²) in [5.41, 5.74) is 0.266. The molecule has 1 amide bonds. The molecule has 2 saturated carbocycles. The number of aromatic nitrogens is 6. The van der Waals surface area contributed by atoms with Gasteiger partial charge in [-0.2, -0.15) is 10.2 Å². The zero-order valence-corrected chi connectivity index (χ0v) is 27.1. The molecule has 2 aliphatic heterocycles. The van der Waals surface area contributed by atoms with Gasteiger partial charge < -0.3 is 15.0 Å². The van der Waals surface area contributed by atoms with Gasteiger partial charge in [0.25, 0.3) is 0 Å². The van der Waals surface area contributed by atoms with Gasteiger partial charge >= 0.3 is 6.09 Å². The Morgan fingerprint density at radius 3 is 1.65 bits per heavy atom. The molecular weight excluding hydrogens is 540 g/mol. The Hall–Kier alpha value is -2.49. The van der Waals surface area contributed by atoms with Crippen LogP contribution in [0.15, 0.2) is 25.3 Å². The highest BCUT2D eigenvalue weighted by molar-refractivity contribution is 5.68. The molecule has 240 valence electrons. The summed E-state index contributed by atoms with van der Waals surface area (Å²) in [7, 11) is 0. The maximum absolute atomic E-state index is 12.4. The molecule has 10 heteroatoms. The smallest absolute Gasteiger partial charge is 0.410 e. The topological polar surface area (TPSA) is 103 Å². The van der Waals surface area contributed by atoms with Crippen LogP contribution in [-0.2, 0) is 17.8 Å². The van der Waals surface area contributed by atoms with Gasteiger partial charge in [-0.05, 0) is 108 Å². The van der Waals surface area contributed by atoms with Crippen molar-refractivity contribution in [2.24, 2.45) is 22.7 Å². The van der Waals surface area contributed by atoms with E-state index in [0.29, 0.717) is 5.41 Å². The molecule has 2 saturated heterocycles. The minimum atomic E-state index is -0.435. The Kier molecular flexibility index (Phi) is 10.8. The Morgan fingerprint density at radius 2 is 1.23 bits per heavy atom. The van der Waals surface area contributed by atoms with Gasteiger partial charge in [0, 0.05) is 26.2 Å². The normalized spacial score (nSPS) is 23.3. The number of rotatable bonds is 6. The first-order valence-corrected chi connectivity index (χ1v) is 17.1. The van der Waals surface area contributed by atoms with E-state index in [1.165, 1.54) is 90.1 Å². The molecule has 2 aromatic rings. The second-order valence-electron chi connectivity index (χ2n) is 14.8. The highest BCUT2D eigenvalue weighted by atomic mass is 16.6. The summed E-state index contributed by atoms with van der Waals surface area (Å²) in [5.74, 6) is 1.63. The molecule has 0 aromatic carbocycles. The van der Waals surface area contributed by atoms with Crippen LogP contribution in [0.2, 0.25) is 0 Å². The fourth-order valence-electron chi connectivity index (χ4n) is 8.48. The predicted octanol–water partition coefficient (Wildman–Crippen LogP) is 6.10. The van der Waals surface area contributed by atoms with Crippen LogP contribution < -0.4 is 5.32 Å². The summed E-state index contributed by atoms with van der Waals surface area (Å²) in [6, 6.07) is 0. The predicted molar refractivity (Wildman–Crippen MR) is 167 cm³/mol. The van der Waals surface area contributed by atoms with Gasteiger partial charge in [-0.25, -0.2) is 14.8 Å². The lowest BCUT2D eigenvalue weighted by molar-refractivity contribution is -0.0135. The lowest BCUT2D eigenvalue weighted by Crippen LogP contribution is -2.49. The van der Waals surface area contributed by atoms with Crippen molar-refractivity contribution in [2.75, 3.05) is 26.2 Å². The van der Waals surface area contributed by atoms with Crippen LogP contribution >= 0.6 is 0 Å². The van der Waals surface area contributed by atoms with Gasteiger partial charge in [-0.15, -0.1) is 0 Å². The number of carbonyl (C=O) groups is 1. The van der Waals surface area contributed by atoms with Crippen molar-refractivity contribution in [1.82, 2.24) is 39.7 Å². The molecule has 0 unspecified atom stereocenters. The molecule has 4 fully saturated rings. The highest BCUT2D eigenvalue weighted by Crippen LogP contribution is 2.47. The van der Waals surface area contributed by atoms with Crippen LogP contribution in [0.25, 0.3) is 0 Å². The van der Waals surface area contributed by atoms with Crippen LogP contribution in [0.4, 0.5) is 4.79 Å². The molecule has 0 bridgehead atoms. The van der Waals surface area contributed by atoms with E-state index in [4.69, 9.17) is 4.74 Å². The second kappa shape index (κ2) is 14.5. The summed E-state index contributed by atoms with van der Waals surface area (Å²) in [6.07, 6.45) is 25.2. The van der Waals surface area contributed by atoms with E-state index in [2.05, 4.69) is 30.2 Å². The number of piperidine rings is 2. The lowest BCUT2D eigenvalue weighted by atomic mass is 9.63. The van der Waals surface area contributed by atoms with Gasteiger partial charge in [0.1, 0.15) is 30.9 Å². The van der Waals surface area contributed by atoms with Crippen molar-refractivity contribution in [3.63, 3.8) is 0 Å². The third-order valence-corrected chi connectivity index (χ3v) is 10.8. The molecule has 43 heavy (non-hydrogen) atoms. The van der Waals surface area contributed by atoms with E-state index in [-0.39, 0.29) is 11.5 Å². The van der Waals surface area contributed by atoms with E-state index >= 15 is 0 Å². The van der Waals surface area contributed by atoms with Crippen molar-refractivity contribution < 1.29 is 9.53 Å². The SMILES string of the molecule is CC(C)(C)OC(=O)N1CCC(Cn2cncn2)(C2CCCCC2)CC1.c1ncn(CC2(C3CCCCC3)CCNCC2)n1. The monoisotopic (exact) mass is 596 g/mol. The fourth-order valence-corrected chi connectivity index (χ4v) is 8.48. The minimum Gasteiger partial charge on any atom is -0.444 e. The van der Waals surface area contributed by atoms with Crippen LogP contribution in [-0.4, -0.2) is 72.3 Å². The average molecular weight is 597 g/mol. The number of hydrogen-bond donors (Lipinski definition) is 1. The quantitative estimate of drug-likeness (QED) is 0.430. The van der Waals surface area contributed by atoms with Crippen LogP contribution in [0, 0.1) is 22.7 Å². The first kappa shape index (κ1) is 31.9. The molecule has 0 radical (unpaired) electrons. The Morgan fingerprint density at radius 1 is 0.767 bits per heavy atom. The molecule has 0 atom stereocenters. The number of carbonyl (C=O) groups excluding carboxylic acids is 1. The van der Waals surface area contributed by atoms with E-state index in [9.17, 15) is 4.79 Å². The van der Waals surface area contributed by atoms with Crippen LogP contribution in [0.5, 0.6) is 0 Å². The van der Waals surface area contributed by atoms with Crippen molar-refractivity contribution in [3.8, 4) is 0 Å². The van der Waals surface area contributed by atoms with Crippen molar-refractivity contribution in [3.05, 3.63) is 25.3 Å². The zero-order chi connectivity index (χ0) is 30.2. The zero-order valence-electron chi connectivity index (χ0n) is 27.1. The number of nitrogens with one attached hydrogen (secondary N) is 1. The molecule has 1 N–H and O–H groups in total. The van der Waals surface area contributed by atoms with E-state index in [1.54, 1.807) is 12.7 Å². The van der Waals surface area contributed by atoms with Crippen LogP contribution in [0.3, 0.4) is 0 Å². The van der Waals surface area contributed by atoms with Gasteiger partial charge in [0.2, 0.25) is 0 Å². The minimum absolute atomic E-state index is 0.175. The largest absolute Gasteiger partial charge is 0.444 e. The maximum Gasteiger partial charge on any atom is 0.410 e. The summed E-state index contributed by atoms with van der Waals surface area (Å²) < 4.78 is 9.60. The number of amides is 1. The number of ether oxygens (including phenoxy) is 1. The number of nitrogens with zero attached hydrogens (tertiary/aromatic N) is 7. The number of likely N-dealkylation sites (tertiary alicyclic amines) is 1. The Balaban J connectivity index is 0.000000180. The molecule has 2 aliphatic carbocycles. The first-order chi connectivity index (χ1) is 20.8. The van der Waals surface area contributed by atoms with Gasteiger partial charge in [-0.1, -0.05) is 38.5 Å². The van der Waals surface area contributed by atoms with Gasteiger partial charge in [0.15, 0.2) is 0 Å². The average Bonchev–Trinajstić information content (AvgIpc) is 3.73.